The molecule has 0 spiro atoms. The molecule has 13 nitrogen and oxygen atoms in total. The molecule has 192 valence electrons. The van der Waals surface area contributed by atoms with E-state index in [0.717, 1.165) is 27.7 Å². The van der Waals surface area contributed by atoms with Gasteiger partial charge in [0, 0.05) is 39.8 Å². The van der Waals surface area contributed by atoms with Gasteiger partial charge in [-0.2, -0.15) is 0 Å². The van der Waals surface area contributed by atoms with Crippen molar-refractivity contribution >= 4 is 29.6 Å². The third-order valence-electron chi connectivity index (χ3n) is 4.84. The van der Waals surface area contributed by atoms with Gasteiger partial charge in [0.15, 0.2) is 12.2 Å². The maximum Gasteiger partial charge on any atom is 0.303 e. The highest BCUT2D eigenvalue weighted by Gasteiger charge is 2.53. The molecule has 1 heterocycles. The summed E-state index contributed by atoms with van der Waals surface area (Å²) in [5, 5.41) is 11.2. The molecule has 0 bridgehead atoms. The van der Waals surface area contributed by atoms with Gasteiger partial charge < -0.3 is 28.4 Å². The maximum absolute atomic E-state index is 11.9. The molecule has 0 saturated carbocycles. The number of aryl methyl sites for hydroxylation is 2. The summed E-state index contributed by atoms with van der Waals surface area (Å²) in [6.45, 7) is 7.22. The zero-order chi connectivity index (χ0) is 26.4. The lowest BCUT2D eigenvalue weighted by Crippen LogP contribution is -2.63. The van der Waals surface area contributed by atoms with Crippen LogP contribution in [0, 0.1) is 24.0 Å². The molecule has 1 fully saturated rings. The molecule has 1 aromatic rings. The first-order valence-electron chi connectivity index (χ1n) is 10.5. The molecule has 13 heteroatoms. The summed E-state index contributed by atoms with van der Waals surface area (Å²) in [7, 11) is 0. The van der Waals surface area contributed by atoms with E-state index in [2.05, 4.69) is 0 Å². The molecule has 0 amide bonds. The van der Waals surface area contributed by atoms with E-state index in [1.54, 1.807) is 13.8 Å². The van der Waals surface area contributed by atoms with Gasteiger partial charge in [-0.05, 0) is 25.0 Å². The summed E-state index contributed by atoms with van der Waals surface area (Å²) in [5.74, 6) is -2.77. The zero-order valence-electron chi connectivity index (χ0n) is 20.1. The van der Waals surface area contributed by atoms with Crippen LogP contribution < -0.4 is 4.74 Å². The normalized spacial score (nSPS) is 23.5. The lowest BCUT2D eigenvalue weighted by atomic mass is 9.98. The number of nitro benzene ring substituents is 1. The van der Waals surface area contributed by atoms with Crippen molar-refractivity contribution in [1.29, 1.82) is 0 Å². The average Bonchev–Trinajstić information content (AvgIpc) is 2.71. The minimum absolute atomic E-state index is 0.158. The summed E-state index contributed by atoms with van der Waals surface area (Å²) in [5.41, 5.74) is 0.600. The summed E-state index contributed by atoms with van der Waals surface area (Å²) in [4.78, 5) is 57.6. The van der Waals surface area contributed by atoms with E-state index < -0.39 is 66.1 Å². The lowest BCUT2D eigenvalue weighted by Gasteiger charge is -2.44. The van der Waals surface area contributed by atoms with Crippen LogP contribution in [0.5, 0.6) is 5.75 Å². The zero-order valence-corrected chi connectivity index (χ0v) is 20.1. The fraction of sp³-hybridized carbons (Fsp3) is 0.545. The SMILES string of the molecule is CC(=O)OC[C@H]1O[C@@H](Oc2c(C)cc([N+](=O)[O-])cc2C)[C@H](OC(C)=O)[C@@H](OC(C)=O)[C@@H]1OC(C)=O. The number of ether oxygens (including phenoxy) is 6. The smallest absolute Gasteiger partial charge is 0.303 e. The van der Waals surface area contributed by atoms with Crippen molar-refractivity contribution in [2.45, 2.75) is 72.2 Å². The van der Waals surface area contributed by atoms with Gasteiger partial charge in [0.25, 0.3) is 5.69 Å². The molecule has 0 radical (unpaired) electrons. The number of hydrogen-bond donors (Lipinski definition) is 0. The maximum atomic E-state index is 11.9. The minimum atomic E-state index is -1.44. The first kappa shape index (κ1) is 27.5. The summed E-state index contributed by atoms with van der Waals surface area (Å²) in [6, 6.07) is 2.57. The Bertz CT molecular complexity index is 983. The Kier molecular flexibility index (Phi) is 9.12. The number of hydrogen-bond acceptors (Lipinski definition) is 12. The van der Waals surface area contributed by atoms with Crippen LogP contribution in [-0.4, -0.2) is 66.1 Å². The number of carbonyl (C=O) groups is 4. The van der Waals surface area contributed by atoms with Gasteiger partial charge in [-0.1, -0.05) is 0 Å². The van der Waals surface area contributed by atoms with Crippen LogP contribution in [0.4, 0.5) is 5.69 Å². The van der Waals surface area contributed by atoms with Crippen molar-refractivity contribution in [1.82, 2.24) is 0 Å². The largest absolute Gasteiger partial charge is 0.463 e. The van der Waals surface area contributed by atoms with Crippen LogP contribution in [0.25, 0.3) is 0 Å². The Morgan fingerprint density at radius 2 is 1.34 bits per heavy atom. The van der Waals surface area contributed by atoms with Crippen LogP contribution in [-0.2, 0) is 42.9 Å². The van der Waals surface area contributed by atoms with E-state index >= 15 is 0 Å². The number of rotatable bonds is 8. The predicted octanol–water partition coefficient (Wildman–Crippen LogP) is 1.67. The van der Waals surface area contributed by atoms with Crippen LogP contribution in [0.15, 0.2) is 12.1 Å². The predicted molar refractivity (Wildman–Crippen MR) is 115 cm³/mol. The van der Waals surface area contributed by atoms with E-state index in [0.29, 0.717) is 11.1 Å². The molecule has 2 rings (SSSR count). The van der Waals surface area contributed by atoms with Crippen molar-refractivity contribution in [2.24, 2.45) is 0 Å². The van der Waals surface area contributed by atoms with E-state index in [9.17, 15) is 29.3 Å². The number of non-ortho nitro benzene ring substituents is 1. The van der Waals surface area contributed by atoms with Gasteiger partial charge in [0.05, 0.1) is 4.92 Å². The van der Waals surface area contributed by atoms with Crippen LogP contribution in [0.2, 0.25) is 0 Å². The molecular weight excluding hydrogens is 470 g/mol. The van der Waals surface area contributed by atoms with Gasteiger partial charge in [0.2, 0.25) is 12.4 Å². The molecule has 1 aliphatic rings. The number of benzene rings is 1. The second kappa shape index (κ2) is 11.6. The highest BCUT2D eigenvalue weighted by atomic mass is 16.7. The highest BCUT2D eigenvalue weighted by molar-refractivity contribution is 5.68. The van der Waals surface area contributed by atoms with Gasteiger partial charge in [-0.15, -0.1) is 0 Å². The number of nitro groups is 1. The monoisotopic (exact) mass is 497 g/mol. The molecule has 35 heavy (non-hydrogen) atoms. The Morgan fingerprint density at radius 3 is 1.80 bits per heavy atom. The van der Waals surface area contributed by atoms with Crippen LogP contribution in [0.1, 0.15) is 38.8 Å². The molecule has 0 N–H and O–H groups in total. The lowest BCUT2D eigenvalue weighted by molar-refractivity contribution is -0.385. The summed E-state index contributed by atoms with van der Waals surface area (Å²) in [6.07, 6.45) is -6.74. The quantitative estimate of drug-likeness (QED) is 0.221. The number of carbonyl (C=O) groups excluding carboxylic acids is 4. The van der Waals surface area contributed by atoms with Crippen molar-refractivity contribution in [3.05, 3.63) is 33.4 Å². The molecule has 0 aromatic heterocycles. The second-order valence-electron chi connectivity index (χ2n) is 7.85. The molecule has 0 unspecified atom stereocenters. The first-order chi connectivity index (χ1) is 16.3. The average molecular weight is 497 g/mol. The van der Waals surface area contributed by atoms with Crippen LogP contribution >= 0.6 is 0 Å². The molecular formula is C22H27NO12. The molecule has 5 atom stereocenters. The fourth-order valence-electron chi connectivity index (χ4n) is 3.62. The third-order valence-corrected chi connectivity index (χ3v) is 4.84. The van der Waals surface area contributed by atoms with Crippen molar-refractivity contribution in [3.8, 4) is 5.75 Å². The van der Waals surface area contributed by atoms with Gasteiger partial charge >= 0.3 is 23.9 Å². The van der Waals surface area contributed by atoms with E-state index in [4.69, 9.17) is 28.4 Å². The molecule has 1 aromatic carbocycles. The number of esters is 4. The Morgan fingerprint density at radius 1 is 0.857 bits per heavy atom. The third kappa shape index (κ3) is 7.37. The van der Waals surface area contributed by atoms with Crippen molar-refractivity contribution < 1.29 is 52.5 Å². The highest BCUT2D eigenvalue weighted by Crippen LogP contribution is 2.34. The van der Waals surface area contributed by atoms with E-state index in [1.165, 1.54) is 12.1 Å². The fourth-order valence-corrected chi connectivity index (χ4v) is 3.62. The van der Waals surface area contributed by atoms with Gasteiger partial charge in [-0.25, -0.2) is 0 Å². The van der Waals surface area contributed by atoms with Gasteiger partial charge in [0.1, 0.15) is 18.5 Å². The van der Waals surface area contributed by atoms with E-state index in [-0.39, 0.29) is 11.4 Å². The Balaban J connectivity index is 2.54. The van der Waals surface area contributed by atoms with Crippen LogP contribution in [0.3, 0.4) is 0 Å². The number of nitrogens with zero attached hydrogens (tertiary/aromatic N) is 1. The first-order valence-corrected chi connectivity index (χ1v) is 10.5. The van der Waals surface area contributed by atoms with Gasteiger partial charge in [-0.3, -0.25) is 29.3 Å². The van der Waals surface area contributed by atoms with E-state index in [1.807, 2.05) is 0 Å². The summed E-state index contributed by atoms with van der Waals surface area (Å²) >= 11 is 0. The summed E-state index contributed by atoms with van der Waals surface area (Å²) < 4.78 is 32.9. The minimum Gasteiger partial charge on any atom is -0.463 e. The Labute approximate surface area is 200 Å². The Hall–Kier alpha value is -3.74. The van der Waals surface area contributed by atoms with Crippen molar-refractivity contribution in [3.63, 3.8) is 0 Å². The van der Waals surface area contributed by atoms with Crippen molar-refractivity contribution in [2.75, 3.05) is 6.61 Å². The topological polar surface area (TPSA) is 167 Å². The molecule has 0 aliphatic carbocycles. The second-order valence-corrected chi connectivity index (χ2v) is 7.85. The molecule has 1 aliphatic heterocycles. The standard InChI is InChI=1S/C22H27NO12/c1-10-7-16(23(28)29)8-11(2)18(10)35-22-21(33-15(6)27)20(32-14(5)26)19(31-13(4)25)17(34-22)9-30-12(3)24/h7-8,17,19-22H,9H2,1-6H3/t17-,19-,20+,21-,22+/m1/s1. The molecule has 1 saturated heterocycles.